The monoisotopic (exact) mass is 294 g/mol. The Morgan fingerprint density at radius 2 is 2.00 bits per heavy atom. The van der Waals surface area contributed by atoms with Crippen LogP contribution in [0, 0.1) is 0 Å². The van der Waals surface area contributed by atoms with Crippen LogP contribution < -0.4 is 0 Å². The van der Waals surface area contributed by atoms with Crippen LogP contribution in [0.2, 0.25) is 0 Å². The minimum absolute atomic E-state index is 0.0738. The van der Waals surface area contributed by atoms with E-state index in [1.807, 2.05) is 0 Å². The van der Waals surface area contributed by atoms with Gasteiger partial charge >= 0.3 is 16.6 Å². The van der Waals surface area contributed by atoms with E-state index in [9.17, 15) is 26.7 Å². The van der Waals surface area contributed by atoms with Crippen LogP contribution in [-0.4, -0.2) is 27.7 Å². The summed E-state index contributed by atoms with van der Waals surface area (Å²) in [7, 11) is -3.79. The molecule has 1 aliphatic rings. The Hall–Kier alpha value is -1.25. The maximum atomic E-state index is 12.6. The fourth-order valence-electron chi connectivity index (χ4n) is 1.80. The van der Waals surface area contributed by atoms with Crippen LogP contribution in [0.4, 0.5) is 13.2 Å². The van der Waals surface area contributed by atoms with E-state index in [1.54, 1.807) is 0 Å². The minimum atomic E-state index is -4.58. The van der Waals surface area contributed by atoms with Crippen molar-refractivity contribution in [3.05, 3.63) is 29.8 Å². The molecule has 1 aromatic carbocycles. The van der Waals surface area contributed by atoms with E-state index in [1.165, 1.54) is 0 Å². The summed E-state index contributed by atoms with van der Waals surface area (Å²) >= 11 is 0. The van der Waals surface area contributed by atoms with Gasteiger partial charge in [0, 0.05) is 12.5 Å². The molecule has 8 heteroatoms. The predicted octanol–water partition coefficient (Wildman–Crippen LogP) is 2.23. The first-order valence-corrected chi connectivity index (χ1v) is 6.89. The van der Waals surface area contributed by atoms with Gasteiger partial charge in [-0.1, -0.05) is 10.4 Å². The zero-order valence-electron chi connectivity index (χ0n) is 9.68. The lowest BCUT2D eigenvalue weighted by Gasteiger charge is -2.14. The molecule has 1 fully saturated rings. The van der Waals surface area contributed by atoms with Crippen molar-refractivity contribution >= 4 is 16.2 Å². The molecule has 1 heterocycles. The van der Waals surface area contributed by atoms with Crippen LogP contribution in [-0.2, 0) is 25.6 Å². The van der Waals surface area contributed by atoms with Crippen LogP contribution in [0.1, 0.15) is 12.0 Å². The first kappa shape index (κ1) is 14.2. The molecule has 1 N–H and O–H groups in total. The first-order chi connectivity index (χ1) is 8.71. The van der Waals surface area contributed by atoms with E-state index in [0.717, 1.165) is 22.5 Å². The van der Waals surface area contributed by atoms with Crippen molar-refractivity contribution in [2.75, 3.05) is 13.1 Å². The highest BCUT2D eigenvalue weighted by Gasteiger charge is 2.44. The van der Waals surface area contributed by atoms with Gasteiger partial charge in [-0.05, 0) is 16.3 Å². The van der Waals surface area contributed by atoms with E-state index in [4.69, 9.17) is 0 Å². The quantitative estimate of drug-likeness (QED) is 0.851. The number of Topliss-reactive ketones (excluding diaryl/α,β-unsaturated/α-hetero) is 1. The van der Waals surface area contributed by atoms with E-state index in [2.05, 4.69) is 0 Å². The van der Waals surface area contributed by atoms with Gasteiger partial charge in [0.25, 0.3) is 0 Å². The van der Waals surface area contributed by atoms with Crippen molar-refractivity contribution < 1.29 is 26.7 Å². The molecular formula is C11H11F3NO3S+. The molecule has 104 valence electrons. The fourth-order valence-corrected chi connectivity index (χ4v) is 3.29. The van der Waals surface area contributed by atoms with Crippen LogP contribution in [0.15, 0.2) is 29.2 Å². The highest BCUT2D eigenvalue weighted by molar-refractivity contribution is 7.95. The molecule has 0 radical (unpaired) electrons. The smallest absolute Gasteiger partial charge is 0.298 e. The third kappa shape index (κ3) is 2.85. The summed E-state index contributed by atoms with van der Waals surface area (Å²) < 4.78 is 60.8. The maximum absolute atomic E-state index is 12.6. The molecule has 1 saturated heterocycles. The summed E-state index contributed by atoms with van der Waals surface area (Å²) in [6, 6.07) is 3.70. The van der Waals surface area contributed by atoms with Crippen molar-refractivity contribution in [2.45, 2.75) is 17.5 Å². The molecule has 0 aliphatic carbocycles. The van der Waals surface area contributed by atoms with Crippen LogP contribution in [0.5, 0.6) is 0 Å². The van der Waals surface area contributed by atoms with Gasteiger partial charge in [-0.15, -0.1) is 0 Å². The van der Waals surface area contributed by atoms with Crippen molar-refractivity contribution in [3.63, 3.8) is 0 Å². The molecule has 0 amide bonds. The SMILES string of the molecule is O=C1CCN([S+](=O)(O)c2cccc(C(F)(F)F)c2)C1. The fraction of sp³-hybridized carbons (Fsp3) is 0.364. The average Bonchev–Trinajstić information content (AvgIpc) is 2.76. The second-order valence-corrected chi connectivity index (χ2v) is 6.16. The number of carbonyl (C=O) groups excluding carboxylic acids is 1. The zero-order chi connectivity index (χ0) is 14.3. The molecule has 4 nitrogen and oxygen atoms in total. The van der Waals surface area contributed by atoms with Gasteiger partial charge in [-0.2, -0.15) is 17.7 Å². The summed E-state index contributed by atoms with van der Waals surface area (Å²) in [5.74, 6) is -0.200. The first-order valence-electron chi connectivity index (χ1n) is 5.42. The second-order valence-electron chi connectivity index (χ2n) is 4.17. The van der Waals surface area contributed by atoms with Crippen molar-refractivity contribution in [1.82, 2.24) is 4.31 Å². The van der Waals surface area contributed by atoms with Gasteiger partial charge < -0.3 is 0 Å². The number of benzene rings is 1. The molecule has 0 spiro atoms. The van der Waals surface area contributed by atoms with Crippen LogP contribution in [0.25, 0.3) is 0 Å². The lowest BCUT2D eigenvalue weighted by Crippen LogP contribution is -2.34. The Bertz CT molecular complexity index is 558. The minimum Gasteiger partial charge on any atom is -0.298 e. The Morgan fingerprint density at radius 3 is 2.53 bits per heavy atom. The van der Waals surface area contributed by atoms with Crippen molar-refractivity contribution in [2.24, 2.45) is 0 Å². The number of carbonyl (C=O) groups is 1. The molecule has 1 aromatic rings. The summed E-state index contributed by atoms with van der Waals surface area (Å²) in [4.78, 5) is 10.8. The van der Waals surface area contributed by atoms with Crippen molar-refractivity contribution in [1.29, 1.82) is 0 Å². The van der Waals surface area contributed by atoms with Gasteiger partial charge in [0.05, 0.1) is 12.1 Å². The second kappa shape index (κ2) is 4.69. The molecule has 19 heavy (non-hydrogen) atoms. The van der Waals surface area contributed by atoms with Gasteiger partial charge in [-0.25, -0.2) is 0 Å². The number of hydrogen-bond acceptors (Lipinski definition) is 2. The van der Waals surface area contributed by atoms with Crippen LogP contribution >= 0.6 is 0 Å². The molecular weight excluding hydrogens is 283 g/mol. The number of hydrogen-bond donors (Lipinski definition) is 1. The molecule has 0 saturated carbocycles. The number of halogens is 3. The number of rotatable bonds is 2. The number of ketones is 1. The largest absolute Gasteiger partial charge is 0.416 e. The van der Waals surface area contributed by atoms with E-state index < -0.39 is 22.1 Å². The highest BCUT2D eigenvalue weighted by Crippen LogP contribution is 2.32. The highest BCUT2D eigenvalue weighted by atomic mass is 32.3. The lowest BCUT2D eigenvalue weighted by molar-refractivity contribution is -0.137. The normalized spacial score (nSPS) is 20.5. The molecule has 0 aromatic heterocycles. The Labute approximate surface area is 108 Å². The van der Waals surface area contributed by atoms with E-state index in [0.29, 0.717) is 6.07 Å². The van der Waals surface area contributed by atoms with E-state index in [-0.39, 0.29) is 30.2 Å². The van der Waals surface area contributed by atoms with Gasteiger partial charge in [0.2, 0.25) is 4.90 Å². The molecule has 1 unspecified atom stereocenters. The summed E-state index contributed by atoms with van der Waals surface area (Å²) in [5.41, 5.74) is -0.989. The lowest BCUT2D eigenvalue weighted by atomic mass is 10.2. The topological polar surface area (TPSA) is 57.6 Å². The average molecular weight is 294 g/mol. The Kier molecular flexibility index (Phi) is 3.50. The van der Waals surface area contributed by atoms with Gasteiger partial charge in [0.15, 0.2) is 5.78 Å². The summed E-state index contributed by atoms with van der Waals surface area (Å²) in [6.45, 7) is -0.143. The van der Waals surface area contributed by atoms with Crippen molar-refractivity contribution in [3.8, 4) is 0 Å². The maximum Gasteiger partial charge on any atom is 0.416 e. The van der Waals surface area contributed by atoms with E-state index >= 15 is 0 Å². The molecule has 1 aliphatic heterocycles. The van der Waals surface area contributed by atoms with Crippen LogP contribution in [0.3, 0.4) is 0 Å². The molecule has 1 atom stereocenters. The Morgan fingerprint density at radius 1 is 1.32 bits per heavy atom. The number of alkyl halides is 3. The standard InChI is InChI=1S/C11H10F3NO3S/c12-11(13,14)8-2-1-3-10(6-8)19(17,18)15-5-4-9(16)7-15/h1-3,6H,4-5,7H2/p+1. The summed E-state index contributed by atoms with van der Waals surface area (Å²) in [6.07, 6.45) is -4.44. The molecule has 0 bridgehead atoms. The Balaban J connectivity index is 2.36. The number of nitrogens with zero attached hydrogens (tertiary/aromatic N) is 1. The van der Waals surface area contributed by atoms with Gasteiger partial charge in [-0.3, -0.25) is 4.79 Å². The summed E-state index contributed by atoms with van der Waals surface area (Å²) in [5, 5.41) is 0. The third-order valence-corrected chi connectivity index (χ3v) is 4.69. The molecule has 2 rings (SSSR count). The van der Waals surface area contributed by atoms with Gasteiger partial charge in [0.1, 0.15) is 6.54 Å². The zero-order valence-corrected chi connectivity index (χ0v) is 10.5. The predicted molar refractivity (Wildman–Crippen MR) is 61.6 cm³/mol. The third-order valence-electron chi connectivity index (χ3n) is 2.81.